The van der Waals surface area contributed by atoms with Crippen LogP contribution < -0.4 is 4.72 Å². The second-order valence-corrected chi connectivity index (χ2v) is 5.13. The van der Waals surface area contributed by atoms with Gasteiger partial charge in [-0.25, -0.2) is 13.1 Å². The summed E-state index contributed by atoms with van der Waals surface area (Å²) in [6.45, 7) is 3.62. The summed E-state index contributed by atoms with van der Waals surface area (Å²) in [4.78, 5) is 0.235. The van der Waals surface area contributed by atoms with Crippen molar-refractivity contribution in [2.45, 2.75) is 18.7 Å². The second kappa shape index (κ2) is 4.74. The van der Waals surface area contributed by atoms with Crippen LogP contribution in [0.2, 0.25) is 0 Å². The molecule has 84 valence electrons. The number of nitrogens with one attached hydrogen (secondary N) is 1. The van der Waals surface area contributed by atoms with E-state index in [1.165, 1.54) is 0 Å². The first kappa shape index (κ1) is 12.2. The van der Waals surface area contributed by atoms with Gasteiger partial charge in [0.15, 0.2) is 0 Å². The van der Waals surface area contributed by atoms with Gasteiger partial charge in [-0.3, -0.25) is 0 Å². The molecular formula is C10H15NO3S. The van der Waals surface area contributed by atoms with Crippen LogP contribution in [0.3, 0.4) is 0 Å². The fourth-order valence-electron chi connectivity index (χ4n) is 1.14. The highest BCUT2D eigenvalue weighted by Crippen LogP contribution is 2.14. The summed E-state index contributed by atoms with van der Waals surface area (Å²) in [7, 11) is -3.47. The summed E-state index contributed by atoms with van der Waals surface area (Å²) in [6, 6.07) is 4.94. The first-order valence-corrected chi connectivity index (χ1v) is 6.13. The van der Waals surface area contributed by atoms with Crippen molar-refractivity contribution < 1.29 is 13.5 Å². The number of aliphatic hydroxyl groups is 1. The molecule has 0 atom stereocenters. The highest BCUT2D eigenvalue weighted by atomic mass is 32.2. The molecule has 0 unspecified atom stereocenters. The van der Waals surface area contributed by atoms with E-state index in [2.05, 4.69) is 4.72 Å². The van der Waals surface area contributed by atoms with Crippen molar-refractivity contribution in [2.24, 2.45) is 0 Å². The van der Waals surface area contributed by atoms with Crippen molar-refractivity contribution in [1.29, 1.82) is 0 Å². The van der Waals surface area contributed by atoms with Gasteiger partial charge in [0.05, 0.1) is 11.5 Å². The molecule has 0 aliphatic carbocycles. The van der Waals surface area contributed by atoms with E-state index in [1.54, 1.807) is 18.2 Å². The minimum Gasteiger partial charge on any atom is -0.395 e. The molecule has 0 spiro atoms. The smallest absolute Gasteiger partial charge is 0.240 e. The Bertz CT molecular complexity index is 440. The zero-order valence-electron chi connectivity index (χ0n) is 8.82. The Labute approximate surface area is 90.0 Å². The van der Waals surface area contributed by atoms with E-state index < -0.39 is 10.0 Å². The molecule has 0 saturated carbocycles. The maximum atomic E-state index is 11.6. The van der Waals surface area contributed by atoms with Crippen LogP contribution in [-0.4, -0.2) is 26.7 Å². The van der Waals surface area contributed by atoms with Gasteiger partial charge < -0.3 is 5.11 Å². The Balaban J connectivity index is 3.00. The van der Waals surface area contributed by atoms with E-state index in [0.29, 0.717) is 0 Å². The van der Waals surface area contributed by atoms with E-state index in [9.17, 15) is 8.42 Å². The van der Waals surface area contributed by atoms with Gasteiger partial charge in [-0.05, 0) is 37.1 Å². The van der Waals surface area contributed by atoms with E-state index >= 15 is 0 Å². The normalized spacial score (nSPS) is 11.7. The van der Waals surface area contributed by atoms with Crippen LogP contribution in [0, 0.1) is 13.8 Å². The quantitative estimate of drug-likeness (QED) is 0.793. The molecule has 1 aromatic rings. The van der Waals surface area contributed by atoms with Crippen LogP contribution in [0.5, 0.6) is 0 Å². The molecule has 0 aliphatic rings. The molecule has 5 heteroatoms. The molecule has 2 N–H and O–H groups in total. The standard InChI is InChI=1S/C10H15NO3S/c1-8-3-4-10(7-9(8)2)15(13,14)11-5-6-12/h3-4,7,11-12H,5-6H2,1-2H3. The Hall–Kier alpha value is -0.910. The number of rotatable bonds is 4. The lowest BCUT2D eigenvalue weighted by atomic mass is 10.1. The second-order valence-electron chi connectivity index (χ2n) is 3.37. The highest BCUT2D eigenvalue weighted by Gasteiger charge is 2.13. The van der Waals surface area contributed by atoms with E-state index in [4.69, 9.17) is 5.11 Å². The third kappa shape index (κ3) is 3.02. The van der Waals surface area contributed by atoms with Crippen LogP contribution in [0.4, 0.5) is 0 Å². The van der Waals surface area contributed by atoms with Crippen molar-refractivity contribution in [3.63, 3.8) is 0 Å². The topological polar surface area (TPSA) is 66.4 Å². The lowest BCUT2D eigenvalue weighted by molar-refractivity contribution is 0.301. The van der Waals surface area contributed by atoms with Crippen molar-refractivity contribution in [3.05, 3.63) is 29.3 Å². The van der Waals surface area contributed by atoms with E-state index in [-0.39, 0.29) is 18.0 Å². The molecule has 0 aliphatic heterocycles. The molecule has 15 heavy (non-hydrogen) atoms. The van der Waals surface area contributed by atoms with Gasteiger partial charge in [0.1, 0.15) is 0 Å². The summed E-state index contributed by atoms with van der Waals surface area (Å²) in [6.07, 6.45) is 0. The van der Waals surface area contributed by atoms with Crippen LogP contribution in [0.15, 0.2) is 23.1 Å². The van der Waals surface area contributed by atoms with Gasteiger partial charge in [0, 0.05) is 6.54 Å². The Morgan fingerprint density at radius 2 is 1.93 bits per heavy atom. The Morgan fingerprint density at radius 1 is 1.27 bits per heavy atom. The van der Waals surface area contributed by atoms with Gasteiger partial charge in [0.2, 0.25) is 10.0 Å². The molecule has 0 fully saturated rings. The Morgan fingerprint density at radius 3 is 2.47 bits per heavy atom. The monoisotopic (exact) mass is 229 g/mol. The van der Waals surface area contributed by atoms with Crippen LogP contribution in [-0.2, 0) is 10.0 Å². The predicted octanol–water partition coefficient (Wildman–Crippen LogP) is 0.574. The van der Waals surface area contributed by atoms with Crippen LogP contribution in [0.25, 0.3) is 0 Å². The van der Waals surface area contributed by atoms with Crippen LogP contribution in [0.1, 0.15) is 11.1 Å². The predicted molar refractivity (Wildman–Crippen MR) is 58.2 cm³/mol. The van der Waals surface area contributed by atoms with Gasteiger partial charge in [-0.2, -0.15) is 0 Å². The molecule has 0 aromatic heterocycles. The summed E-state index contributed by atoms with van der Waals surface area (Å²) in [5, 5.41) is 8.55. The fraction of sp³-hybridized carbons (Fsp3) is 0.400. The minimum atomic E-state index is -3.47. The summed E-state index contributed by atoms with van der Waals surface area (Å²) >= 11 is 0. The van der Waals surface area contributed by atoms with Gasteiger partial charge >= 0.3 is 0 Å². The highest BCUT2D eigenvalue weighted by molar-refractivity contribution is 7.89. The molecule has 1 aromatic carbocycles. The van der Waals surface area contributed by atoms with Crippen molar-refractivity contribution in [3.8, 4) is 0 Å². The summed E-state index contributed by atoms with van der Waals surface area (Å²) in [5.41, 5.74) is 1.98. The number of hydrogen-bond donors (Lipinski definition) is 2. The molecule has 0 heterocycles. The minimum absolute atomic E-state index is 0.0370. The SMILES string of the molecule is Cc1ccc(S(=O)(=O)NCCO)cc1C. The zero-order chi connectivity index (χ0) is 11.5. The lowest BCUT2D eigenvalue weighted by Gasteiger charge is -2.07. The fourth-order valence-corrected chi connectivity index (χ4v) is 2.25. The van der Waals surface area contributed by atoms with Crippen LogP contribution >= 0.6 is 0 Å². The average Bonchev–Trinajstić information content (AvgIpc) is 2.19. The zero-order valence-corrected chi connectivity index (χ0v) is 9.63. The number of aliphatic hydroxyl groups excluding tert-OH is 1. The number of hydrogen-bond acceptors (Lipinski definition) is 3. The van der Waals surface area contributed by atoms with Gasteiger partial charge in [-0.15, -0.1) is 0 Å². The first-order chi connectivity index (χ1) is 6.97. The molecular weight excluding hydrogens is 214 g/mol. The lowest BCUT2D eigenvalue weighted by Crippen LogP contribution is -2.26. The summed E-state index contributed by atoms with van der Waals surface area (Å²) < 4.78 is 25.6. The third-order valence-corrected chi connectivity index (χ3v) is 3.65. The van der Waals surface area contributed by atoms with Gasteiger partial charge in [0.25, 0.3) is 0 Å². The molecule has 4 nitrogen and oxygen atoms in total. The molecule has 0 saturated heterocycles. The van der Waals surface area contributed by atoms with Crippen molar-refractivity contribution in [1.82, 2.24) is 4.72 Å². The largest absolute Gasteiger partial charge is 0.395 e. The number of aryl methyl sites for hydroxylation is 2. The molecule has 0 amide bonds. The first-order valence-electron chi connectivity index (χ1n) is 4.65. The van der Waals surface area contributed by atoms with Crippen molar-refractivity contribution >= 4 is 10.0 Å². The third-order valence-electron chi connectivity index (χ3n) is 2.19. The molecule has 0 bridgehead atoms. The Kier molecular flexibility index (Phi) is 3.84. The maximum absolute atomic E-state index is 11.6. The molecule has 1 rings (SSSR count). The summed E-state index contributed by atoms with van der Waals surface area (Å²) in [5.74, 6) is 0. The van der Waals surface area contributed by atoms with Crippen molar-refractivity contribution in [2.75, 3.05) is 13.2 Å². The maximum Gasteiger partial charge on any atom is 0.240 e. The van der Waals surface area contributed by atoms with E-state index in [1.807, 2.05) is 13.8 Å². The van der Waals surface area contributed by atoms with E-state index in [0.717, 1.165) is 11.1 Å². The number of sulfonamides is 1. The number of benzene rings is 1. The average molecular weight is 229 g/mol. The van der Waals surface area contributed by atoms with Gasteiger partial charge in [-0.1, -0.05) is 6.07 Å². The molecule has 0 radical (unpaired) electrons.